The van der Waals surface area contributed by atoms with Crippen LogP contribution in [0.5, 0.6) is 0 Å². The van der Waals surface area contributed by atoms with Gasteiger partial charge in [0.2, 0.25) is 0 Å². The van der Waals surface area contributed by atoms with Crippen molar-refractivity contribution in [2.75, 3.05) is 6.54 Å². The summed E-state index contributed by atoms with van der Waals surface area (Å²) in [5, 5.41) is 12.6. The lowest BCUT2D eigenvalue weighted by Crippen LogP contribution is -2.57. The number of carbonyl (C=O) groups is 2. The van der Waals surface area contributed by atoms with Crippen molar-refractivity contribution in [3.8, 4) is 0 Å². The third-order valence-electron chi connectivity index (χ3n) is 5.06. The van der Waals surface area contributed by atoms with E-state index in [2.05, 4.69) is 12.2 Å². The smallest absolute Gasteiger partial charge is 0.329 e. The van der Waals surface area contributed by atoms with E-state index in [1.165, 1.54) is 0 Å². The predicted octanol–water partition coefficient (Wildman–Crippen LogP) is 2.60. The number of carboxylic acid groups (broad SMARTS) is 1. The number of nitrogens with zero attached hydrogens (tertiary/aromatic N) is 1. The molecular formula is C15H26N2O3. The van der Waals surface area contributed by atoms with Gasteiger partial charge in [-0.05, 0) is 50.9 Å². The van der Waals surface area contributed by atoms with Crippen molar-refractivity contribution in [1.29, 1.82) is 0 Å². The van der Waals surface area contributed by atoms with Crippen LogP contribution in [0.15, 0.2) is 0 Å². The van der Waals surface area contributed by atoms with Gasteiger partial charge in [0.25, 0.3) is 0 Å². The fraction of sp³-hybridized carbons (Fsp3) is 0.867. The quantitative estimate of drug-likeness (QED) is 0.836. The summed E-state index contributed by atoms with van der Waals surface area (Å²) in [4.78, 5) is 25.6. The van der Waals surface area contributed by atoms with Crippen LogP contribution in [-0.2, 0) is 4.79 Å². The van der Waals surface area contributed by atoms with Crippen molar-refractivity contribution < 1.29 is 14.7 Å². The van der Waals surface area contributed by atoms with Gasteiger partial charge in [0, 0.05) is 12.6 Å². The van der Waals surface area contributed by atoms with Gasteiger partial charge >= 0.3 is 12.0 Å². The van der Waals surface area contributed by atoms with E-state index in [0.29, 0.717) is 19.4 Å². The molecule has 5 nitrogen and oxygen atoms in total. The number of amides is 2. The molecular weight excluding hydrogens is 256 g/mol. The minimum Gasteiger partial charge on any atom is -0.479 e. The predicted molar refractivity (Wildman–Crippen MR) is 76.5 cm³/mol. The Morgan fingerprint density at radius 1 is 1.30 bits per heavy atom. The topological polar surface area (TPSA) is 69.6 Å². The highest BCUT2D eigenvalue weighted by molar-refractivity contribution is 5.87. The molecule has 114 valence electrons. The highest BCUT2D eigenvalue weighted by Crippen LogP contribution is 2.33. The molecule has 2 fully saturated rings. The molecule has 0 bridgehead atoms. The summed E-state index contributed by atoms with van der Waals surface area (Å²) in [7, 11) is 0. The molecule has 0 spiro atoms. The van der Waals surface area contributed by atoms with Crippen LogP contribution in [0, 0.1) is 5.92 Å². The van der Waals surface area contributed by atoms with Gasteiger partial charge in [-0.3, -0.25) is 0 Å². The Kier molecular flexibility index (Phi) is 4.55. The third kappa shape index (κ3) is 2.76. The molecule has 1 aliphatic carbocycles. The second kappa shape index (κ2) is 6.02. The Labute approximate surface area is 120 Å². The van der Waals surface area contributed by atoms with E-state index in [1.54, 1.807) is 4.90 Å². The summed E-state index contributed by atoms with van der Waals surface area (Å²) in [6.45, 7) is 4.64. The number of hydrogen-bond acceptors (Lipinski definition) is 2. The molecule has 1 aliphatic heterocycles. The maximum absolute atomic E-state index is 12.4. The Morgan fingerprint density at radius 2 is 1.95 bits per heavy atom. The summed E-state index contributed by atoms with van der Waals surface area (Å²) < 4.78 is 0. The van der Waals surface area contributed by atoms with Gasteiger partial charge in [0.05, 0.1) is 0 Å². The number of nitrogens with one attached hydrogen (secondary N) is 1. The summed E-state index contributed by atoms with van der Waals surface area (Å²) in [5.74, 6) is -0.131. The first kappa shape index (κ1) is 15.1. The van der Waals surface area contributed by atoms with Gasteiger partial charge in [-0.1, -0.05) is 13.8 Å². The average molecular weight is 282 g/mol. The van der Waals surface area contributed by atoms with Gasteiger partial charge in [0.15, 0.2) is 0 Å². The van der Waals surface area contributed by atoms with E-state index in [0.717, 1.165) is 38.0 Å². The number of carboxylic acids is 1. The zero-order chi connectivity index (χ0) is 14.8. The van der Waals surface area contributed by atoms with Crippen LogP contribution in [0.4, 0.5) is 4.79 Å². The molecule has 2 rings (SSSR count). The van der Waals surface area contributed by atoms with E-state index < -0.39 is 11.5 Å². The summed E-state index contributed by atoms with van der Waals surface area (Å²) in [6, 6.07) is 0.0222. The molecule has 0 aromatic heterocycles. The highest BCUT2D eigenvalue weighted by Gasteiger charge is 2.48. The first-order chi connectivity index (χ1) is 9.49. The molecule has 2 amide bonds. The zero-order valence-corrected chi connectivity index (χ0v) is 12.5. The number of hydrogen-bond donors (Lipinski definition) is 2. The molecule has 20 heavy (non-hydrogen) atoms. The molecule has 1 atom stereocenters. The first-order valence-electron chi connectivity index (χ1n) is 7.81. The van der Waals surface area contributed by atoms with Gasteiger partial charge in [-0.25, -0.2) is 9.59 Å². The maximum Gasteiger partial charge on any atom is 0.329 e. The number of likely N-dealkylation sites (tertiary alicyclic amines) is 1. The van der Waals surface area contributed by atoms with Crippen LogP contribution in [0.3, 0.4) is 0 Å². The second-order valence-electron chi connectivity index (χ2n) is 6.35. The van der Waals surface area contributed by atoms with Crippen LogP contribution in [0.1, 0.15) is 58.8 Å². The van der Waals surface area contributed by atoms with Crippen LogP contribution in [-0.4, -0.2) is 40.1 Å². The zero-order valence-electron chi connectivity index (χ0n) is 12.5. The lowest BCUT2D eigenvalue weighted by Gasteiger charge is -2.36. The van der Waals surface area contributed by atoms with E-state index in [-0.39, 0.29) is 12.1 Å². The molecule has 1 unspecified atom stereocenters. The first-order valence-corrected chi connectivity index (χ1v) is 7.81. The minimum absolute atomic E-state index is 0.189. The minimum atomic E-state index is -0.994. The van der Waals surface area contributed by atoms with E-state index in [4.69, 9.17) is 0 Å². The number of urea groups is 1. The number of rotatable bonds is 3. The Balaban J connectivity index is 1.99. The third-order valence-corrected chi connectivity index (χ3v) is 5.06. The standard InChI is InChI=1S/C15H26N2O3/c1-3-15(13(18)19)9-4-10-17(15)14(20)16-12-7-5-11(2)6-8-12/h11-12H,3-10H2,1-2H3,(H,16,20)(H,18,19). The molecule has 0 aromatic rings. The van der Waals surface area contributed by atoms with Gasteiger partial charge in [-0.15, -0.1) is 0 Å². The van der Waals surface area contributed by atoms with E-state index in [9.17, 15) is 14.7 Å². The van der Waals surface area contributed by atoms with Crippen LogP contribution >= 0.6 is 0 Å². The fourth-order valence-corrected chi connectivity index (χ4v) is 3.57. The van der Waals surface area contributed by atoms with Crippen molar-refractivity contribution in [3.05, 3.63) is 0 Å². The fourth-order valence-electron chi connectivity index (χ4n) is 3.57. The largest absolute Gasteiger partial charge is 0.479 e. The summed E-state index contributed by atoms with van der Waals surface area (Å²) in [6.07, 6.45) is 6.10. The molecule has 1 saturated carbocycles. The highest BCUT2D eigenvalue weighted by atomic mass is 16.4. The summed E-state index contributed by atoms with van der Waals surface area (Å²) in [5.41, 5.74) is -0.994. The van der Waals surface area contributed by atoms with Crippen LogP contribution in [0.25, 0.3) is 0 Å². The van der Waals surface area contributed by atoms with E-state index >= 15 is 0 Å². The lowest BCUT2D eigenvalue weighted by atomic mass is 9.87. The van der Waals surface area contributed by atoms with Gasteiger partial charge in [0.1, 0.15) is 5.54 Å². The Bertz CT molecular complexity index is 377. The van der Waals surface area contributed by atoms with Crippen molar-refractivity contribution in [2.24, 2.45) is 5.92 Å². The second-order valence-corrected chi connectivity index (χ2v) is 6.35. The molecule has 0 aromatic carbocycles. The SMILES string of the molecule is CCC1(C(=O)O)CCCN1C(=O)NC1CCC(C)CC1. The molecule has 1 heterocycles. The van der Waals surface area contributed by atoms with Gasteiger partial charge < -0.3 is 15.3 Å². The average Bonchev–Trinajstić information content (AvgIpc) is 2.86. The van der Waals surface area contributed by atoms with Gasteiger partial charge in [-0.2, -0.15) is 0 Å². The Hall–Kier alpha value is -1.26. The van der Waals surface area contributed by atoms with Crippen molar-refractivity contribution in [3.63, 3.8) is 0 Å². The normalized spacial score (nSPS) is 34.0. The number of aliphatic carboxylic acids is 1. The molecule has 2 N–H and O–H groups in total. The molecule has 5 heteroatoms. The van der Waals surface area contributed by atoms with Crippen LogP contribution < -0.4 is 5.32 Å². The Morgan fingerprint density at radius 3 is 2.50 bits per heavy atom. The molecule has 2 aliphatic rings. The van der Waals surface area contributed by atoms with Crippen molar-refractivity contribution in [2.45, 2.75) is 70.4 Å². The maximum atomic E-state index is 12.4. The van der Waals surface area contributed by atoms with E-state index in [1.807, 2.05) is 6.92 Å². The number of carbonyl (C=O) groups excluding carboxylic acids is 1. The lowest BCUT2D eigenvalue weighted by molar-refractivity contribution is -0.148. The monoisotopic (exact) mass is 282 g/mol. The molecule has 0 radical (unpaired) electrons. The van der Waals surface area contributed by atoms with Crippen molar-refractivity contribution in [1.82, 2.24) is 10.2 Å². The molecule has 1 saturated heterocycles. The summed E-state index contributed by atoms with van der Waals surface area (Å²) >= 11 is 0. The van der Waals surface area contributed by atoms with Crippen LogP contribution in [0.2, 0.25) is 0 Å². The van der Waals surface area contributed by atoms with Crippen molar-refractivity contribution >= 4 is 12.0 Å².